The normalized spacial score (nSPS) is 17.0. The van der Waals surface area contributed by atoms with E-state index in [1.807, 2.05) is 43.0 Å². The first kappa shape index (κ1) is 20.4. The molecule has 1 aliphatic rings. The van der Waals surface area contributed by atoms with E-state index >= 15 is 0 Å². The van der Waals surface area contributed by atoms with E-state index in [0.717, 1.165) is 0 Å². The maximum atomic E-state index is 12.4. The molecule has 1 N–H and O–H groups in total. The van der Waals surface area contributed by atoms with Crippen molar-refractivity contribution in [2.45, 2.75) is 46.1 Å². The molecule has 11 heteroatoms. The largest absolute Gasteiger partial charge is 1.00 e. The van der Waals surface area contributed by atoms with Crippen LogP contribution in [-0.4, -0.2) is 32.1 Å². The Morgan fingerprint density at radius 3 is 2.44 bits per heavy atom. The Morgan fingerprint density at radius 1 is 1.22 bits per heavy atom. The van der Waals surface area contributed by atoms with Crippen molar-refractivity contribution in [1.82, 2.24) is 19.4 Å². The number of urea groups is 1. The van der Waals surface area contributed by atoms with Gasteiger partial charge in [0, 0.05) is 0 Å². The summed E-state index contributed by atoms with van der Waals surface area (Å²) in [6, 6.07) is -0.390. The lowest BCUT2D eigenvalue weighted by atomic mass is 10.4. The lowest BCUT2D eigenvalue weighted by Crippen LogP contribution is -3.00. The predicted molar refractivity (Wildman–Crippen MR) is 87.7 cm³/mol. The molecule has 27 heavy (non-hydrogen) atoms. The van der Waals surface area contributed by atoms with Gasteiger partial charge in [-0.1, -0.05) is 0 Å². The Hall–Kier alpha value is -2.88. The van der Waals surface area contributed by atoms with Gasteiger partial charge in [0.1, 0.15) is 24.8 Å². The Kier molecular flexibility index (Phi) is 5.89. The summed E-state index contributed by atoms with van der Waals surface area (Å²) in [4.78, 5) is 28.8. The highest BCUT2D eigenvalue weighted by Crippen LogP contribution is 2.14. The summed E-state index contributed by atoms with van der Waals surface area (Å²) >= 11 is 0. The topological polar surface area (TPSA) is 102 Å². The maximum absolute atomic E-state index is 12.4. The first-order valence-corrected chi connectivity index (χ1v) is 8.34. The van der Waals surface area contributed by atoms with Gasteiger partial charge >= 0.3 is 12.0 Å². The van der Waals surface area contributed by atoms with Crippen molar-refractivity contribution in [3.8, 4) is 0 Å². The number of carbonyl (C=O) groups excluding carboxylic acids is 2. The van der Waals surface area contributed by atoms with Gasteiger partial charge in [0.25, 0.3) is 12.6 Å². The minimum atomic E-state index is -1.62. The summed E-state index contributed by atoms with van der Waals surface area (Å²) in [6.07, 6.45) is 7.83. The summed E-state index contributed by atoms with van der Waals surface area (Å²) in [6.45, 7) is 8.04. The van der Waals surface area contributed by atoms with Gasteiger partial charge in [-0.3, -0.25) is 5.32 Å². The molecule has 2 aromatic heterocycles. The number of amides is 3. The highest BCUT2D eigenvalue weighted by atomic mass is 35.5. The molecule has 10 nitrogen and oxygen atoms in total. The van der Waals surface area contributed by atoms with Crippen LogP contribution in [0.15, 0.2) is 42.4 Å². The van der Waals surface area contributed by atoms with E-state index in [-0.39, 0.29) is 30.5 Å². The van der Waals surface area contributed by atoms with Crippen LogP contribution in [-0.2, 0) is 0 Å². The minimum absolute atomic E-state index is 0. The average Bonchev–Trinajstić information content (AvgIpc) is 3.23. The van der Waals surface area contributed by atoms with Crippen LogP contribution < -0.4 is 32.0 Å². The second-order valence-corrected chi connectivity index (χ2v) is 6.63. The van der Waals surface area contributed by atoms with Crippen LogP contribution in [0.25, 0.3) is 0 Å². The highest BCUT2D eigenvalue weighted by Gasteiger charge is 2.37. The number of nitrogens with one attached hydrogen (secondary N) is 1. The molecule has 0 saturated heterocycles. The van der Waals surface area contributed by atoms with Gasteiger partial charge in [-0.25, -0.2) is 18.8 Å². The fourth-order valence-electron chi connectivity index (χ4n) is 2.60. The summed E-state index contributed by atoms with van der Waals surface area (Å²) in [7, 11) is 0. The molecule has 0 aliphatic carbocycles. The van der Waals surface area contributed by atoms with E-state index in [4.69, 9.17) is 0 Å². The molecule has 3 heterocycles. The molecule has 0 saturated carbocycles. The van der Waals surface area contributed by atoms with Crippen LogP contribution in [0.5, 0.6) is 0 Å². The number of carbonyl (C=O) groups is 2. The van der Waals surface area contributed by atoms with E-state index in [1.165, 1.54) is 0 Å². The third-order valence-corrected chi connectivity index (χ3v) is 4.14. The van der Waals surface area contributed by atoms with E-state index in [2.05, 4.69) is 10.3 Å². The van der Waals surface area contributed by atoms with Crippen molar-refractivity contribution in [3.05, 3.63) is 37.4 Å². The van der Waals surface area contributed by atoms with Crippen molar-refractivity contribution in [3.63, 3.8) is 0 Å². The van der Waals surface area contributed by atoms with Crippen LogP contribution in [0.4, 0.5) is 9.59 Å². The summed E-state index contributed by atoms with van der Waals surface area (Å²) in [5.41, 5.74) is 0. The molecule has 0 fully saturated rings. The van der Waals surface area contributed by atoms with E-state index in [1.54, 1.807) is 40.4 Å². The van der Waals surface area contributed by atoms with Crippen molar-refractivity contribution in [1.29, 1.82) is 0 Å². The second-order valence-electron chi connectivity index (χ2n) is 6.63. The fraction of sp³-hybridized carbons (Fsp3) is 0.438. The quantitative estimate of drug-likeness (QED) is 0.552. The van der Waals surface area contributed by atoms with Crippen molar-refractivity contribution in [2.24, 2.45) is 4.99 Å². The number of halogens is 1. The fourth-order valence-corrected chi connectivity index (χ4v) is 2.60. The molecular weight excluding hydrogens is 374 g/mol. The van der Waals surface area contributed by atoms with Gasteiger partial charge < -0.3 is 22.3 Å². The van der Waals surface area contributed by atoms with Crippen molar-refractivity contribution >= 4 is 18.1 Å². The molecule has 1 unspecified atom stereocenters. The molecule has 3 amide bonds. The molecule has 146 valence electrons. The Morgan fingerprint density at radius 2 is 1.93 bits per heavy atom. The summed E-state index contributed by atoms with van der Waals surface area (Å²) < 4.78 is 7.01. The van der Waals surface area contributed by atoms with E-state index < -0.39 is 18.4 Å². The highest BCUT2D eigenvalue weighted by molar-refractivity contribution is 6.03. The number of rotatable bonds is 3. The third-order valence-electron chi connectivity index (χ3n) is 4.14. The Balaban J connectivity index is 0.00000261. The molecule has 1 atom stereocenters. The number of aromatic nitrogens is 4. The van der Waals surface area contributed by atoms with Gasteiger partial charge in [0.2, 0.25) is 6.33 Å². The number of nitrogens with zero attached hydrogens (tertiary/aromatic N) is 6. The van der Waals surface area contributed by atoms with Crippen LogP contribution in [0.3, 0.4) is 0 Å². The number of hydrogen-bond acceptors (Lipinski definition) is 4. The monoisotopic (exact) mass is 395 g/mol. The van der Waals surface area contributed by atoms with Crippen LogP contribution in [0.2, 0.25) is 0 Å². The minimum Gasteiger partial charge on any atom is -1.00 e. The molecule has 0 aromatic carbocycles. The molecule has 3 rings (SSSR count). The van der Waals surface area contributed by atoms with Gasteiger partial charge in [-0.05, 0) is 27.7 Å². The number of imide groups is 1. The third kappa shape index (κ3) is 3.95. The summed E-state index contributed by atoms with van der Waals surface area (Å²) in [5.74, 6) is 0.238. The lowest BCUT2D eigenvalue weighted by Gasteiger charge is -2.29. The standard InChI is InChI=1S/C16H21N7O3.ClH/c1-11(2)19-5-7-21(9-19)13-17-14(23(16(25)26)15(24)18-13)22-8-6-20(10-22)12(3)4;/h5-12,14H,1-4H3;1H. The zero-order valence-corrected chi connectivity index (χ0v) is 16.2. The predicted octanol–water partition coefficient (Wildman–Crippen LogP) is -3.24. The van der Waals surface area contributed by atoms with Gasteiger partial charge in [-0.15, -0.1) is 0 Å². The molecule has 1 aliphatic heterocycles. The first-order valence-electron chi connectivity index (χ1n) is 8.34. The van der Waals surface area contributed by atoms with Gasteiger partial charge in [-0.2, -0.15) is 14.1 Å². The number of hydrogen-bond donors (Lipinski definition) is 1. The number of aliphatic imine (C=N–C) groups is 1. The van der Waals surface area contributed by atoms with Crippen molar-refractivity contribution < 1.29 is 36.2 Å². The number of carboxylic acid groups (broad SMARTS) is 1. The molecule has 0 bridgehead atoms. The Labute approximate surface area is 162 Å². The zero-order valence-electron chi connectivity index (χ0n) is 15.5. The molecule has 0 radical (unpaired) electrons. The lowest BCUT2D eigenvalue weighted by molar-refractivity contribution is -0.737. The molecule has 0 spiro atoms. The maximum Gasteiger partial charge on any atom is 0.336 e. The average molecular weight is 396 g/mol. The van der Waals surface area contributed by atoms with Gasteiger partial charge in [0.05, 0.1) is 12.1 Å². The summed E-state index contributed by atoms with van der Waals surface area (Å²) in [5, 5.41) is 14.0. The molecular formula is C16H22ClN7O3. The van der Waals surface area contributed by atoms with Crippen LogP contribution in [0.1, 0.15) is 46.1 Å². The zero-order chi connectivity index (χ0) is 19.0. The van der Waals surface area contributed by atoms with E-state index in [9.17, 15) is 14.7 Å². The first-order chi connectivity index (χ1) is 12.3. The van der Waals surface area contributed by atoms with Crippen LogP contribution in [0, 0.1) is 0 Å². The van der Waals surface area contributed by atoms with E-state index in [0.29, 0.717) is 4.90 Å². The smallest absolute Gasteiger partial charge is 0.336 e. The van der Waals surface area contributed by atoms with Gasteiger partial charge in [0.15, 0.2) is 6.09 Å². The molecule has 2 aromatic rings. The number of imidazole rings is 2. The SMILES string of the molecule is CC(C)n1cc[n+](C2N=C(n3cc[n+](C(C)C)c3)NC(=O)N2C(=O)[O-])c1.[Cl-]. The second kappa shape index (κ2) is 7.78. The Bertz CT molecular complexity index is 871. The van der Waals surface area contributed by atoms with Crippen LogP contribution >= 0.6 is 0 Å². The van der Waals surface area contributed by atoms with Crippen molar-refractivity contribution in [2.75, 3.05) is 0 Å².